The molecule has 1 aliphatic heterocycles. The second-order valence-electron chi connectivity index (χ2n) is 6.19. The van der Waals surface area contributed by atoms with Gasteiger partial charge in [0.1, 0.15) is 0 Å². The first-order valence-electron chi connectivity index (χ1n) is 8.47. The highest BCUT2D eigenvalue weighted by Crippen LogP contribution is 2.21. The largest absolute Gasteiger partial charge is 0.351 e. The van der Waals surface area contributed by atoms with Crippen LogP contribution in [0.25, 0.3) is 0 Å². The van der Waals surface area contributed by atoms with Gasteiger partial charge in [0.15, 0.2) is 0 Å². The van der Waals surface area contributed by atoms with Crippen molar-refractivity contribution >= 4 is 29.3 Å². The Hall–Kier alpha value is -2.27. The number of nitrogens with one attached hydrogen (secondary N) is 1. The molecule has 4 nitrogen and oxygen atoms in total. The van der Waals surface area contributed by atoms with Crippen LogP contribution in [-0.2, 0) is 16.1 Å². The second kappa shape index (κ2) is 8.21. The van der Waals surface area contributed by atoms with Gasteiger partial charge in [0.05, 0.1) is 5.75 Å². The lowest BCUT2D eigenvalue weighted by Crippen LogP contribution is -2.25. The number of thioether (sulfide) groups is 1. The van der Waals surface area contributed by atoms with Crippen LogP contribution in [0.4, 0.5) is 5.69 Å². The van der Waals surface area contributed by atoms with E-state index in [0.29, 0.717) is 18.7 Å². The minimum absolute atomic E-state index is 0.0179. The molecule has 5 heteroatoms. The van der Waals surface area contributed by atoms with E-state index in [1.165, 1.54) is 17.3 Å². The van der Waals surface area contributed by atoms with Crippen molar-refractivity contribution in [1.82, 2.24) is 5.32 Å². The molecule has 0 aromatic heterocycles. The summed E-state index contributed by atoms with van der Waals surface area (Å²) in [5, 5.41) is 2.94. The van der Waals surface area contributed by atoms with E-state index in [2.05, 4.69) is 5.32 Å². The molecule has 0 spiro atoms. The molecular weight excluding hydrogens is 332 g/mol. The van der Waals surface area contributed by atoms with E-state index in [9.17, 15) is 9.59 Å². The van der Waals surface area contributed by atoms with Gasteiger partial charge in [-0.05, 0) is 43.2 Å². The SMILES string of the molecule is Cc1ccc(SCC(=O)NCc2ccc(N3CCCC3=O)cc2)cc1. The van der Waals surface area contributed by atoms with Crippen molar-refractivity contribution < 1.29 is 9.59 Å². The molecule has 130 valence electrons. The Morgan fingerprint density at radius 3 is 2.48 bits per heavy atom. The van der Waals surface area contributed by atoms with Crippen molar-refractivity contribution in [3.05, 3.63) is 59.7 Å². The summed E-state index contributed by atoms with van der Waals surface area (Å²) < 4.78 is 0. The number of benzene rings is 2. The predicted molar refractivity (Wildman–Crippen MR) is 102 cm³/mol. The lowest BCUT2D eigenvalue weighted by Gasteiger charge is -2.16. The molecule has 0 aliphatic carbocycles. The van der Waals surface area contributed by atoms with Gasteiger partial charge in [-0.1, -0.05) is 29.8 Å². The van der Waals surface area contributed by atoms with E-state index in [-0.39, 0.29) is 11.8 Å². The van der Waals surface area contributed by atoms with Crippen LogP contribution in [0.2, 0.25) is 0 Å². The van der Waals surface area contributed by atoms with Crippen LogP contribution in [-0.4, -0.2) is 24.1 Å². The van der Waals surface area contributed by atoms with Crippen LogP contribution in [0.15, 0.2) is 53.4 Å². The Kier molecular flexibility index (Phi) is 5.76. The highest BCUT2D eigenvalue weighted by Gasteiger charge is 2.21. The maximum Gasteiger partial charge on any atom is 0.230 e. The number of aryl methyl sites for hydroxylation is 1. The van der Waals surface area contributed by atoms with E-state index in [1.54, 1.807) is 0 Å². The van der Waals surface area contributed by atoms with Gasteiger partial charge in [0.25, 0.3) is 0 Å². The fraction of sp³-hybridized carbons (Fsp3) is 0.300. The molecule has 1 N–H and O–H groups in total. The molecule has 2 aromatic rings. The van der Waals surface area contributed by atoms with Crippen LogP contribution in [0.3, 0.4) is 0 Å². The van der Waals surface area contributed by atoms with Crippen molar-refractivity contribution in [2.75, 3.05) is 17.2 Å². The van der Waals surface area contributed by atoms with Crippen LogP contribution < -0.4 is 10.2 Å². The molecule has 2 amide bonds. The van der Waals surface area contributed by atoms with E-state index in [1.807, 2.05) is 60.4 Å². The Morgan fingerprint density at radius 2 is 1.84 bits per heavy atom. The molecule has 0 radical (unpaired) electrons. The summed E-state index contributed by atoms with van der Waals surface area (Å²) in [6.45, 7) is 3.35. The second-order valence-corrected chi connectivity index (χ2v) is 7.24. The summed E-state index contributed by atoms with van der Waals surface area (Å²) in [5.41, 5.74) is 3.18. The average Bonchev–Trinajstić information content (AvgIpc) is 3.06. The maximum atomic E-state index is 12.0. The molecule has 2 aromatic carbocycles. The van der Waals surface area contributed by atoms with Crippen molar-refractivity contribution in [2.45, 2.75) is 31.2 Å². The number of rotatable bonds is 6. The monoisotopic (exact) mass is 354 g/mol. The summed E-state index contributed by atoms with van der Waals surface area (Å²) in [6.07, 6.45) is 1.56. The molecule has 1 saturated heterocycles. The Bertz CT molecular complexity index is 741. The molecule has 25 heavy (non-hydrogen) atoms. The topological polar surface area (TPSA) is 49.4 Å². The average molecular weight is 354 g/mol. The number of hydrogen-bond acceptors (Lipinski definition) is 3. The quantitative estimate of drug-likeness (QED) is 0.808. The fourth-order valence-corrected chi connectivity index (χ4v) is 3.48. The number of anilines is 1. The summed E-state index contributed by atoms with van der Waals surface area (Å²) in [4.78, 5) is 26.7. The van der Waals surface area contributed by atoms with Crippen molar-refractivity contribution in [2.24, 2.45) is 0 Å². The summed E-state index contributed by atoms with van der Waals surface area (Å²) >= 11 is 1.54. The van der Waals surface area contributed by atoms with Crippen LogP contribution >= 0.6 is 11.8 Å². The molecular formula is C20H22N2O2S. The van der Waals surface area contributed by atoms with Gasteiger partial charge in [-0.15, -0.1) is 11.8 Å². The smallest absolute Gasteiger partial charge is 0.230 e. The summed E-state index contributed by atoms with van der Waals surface area (Å²) in [5.74, 6) is 0.613. The van der Waals surface area contributed by atoms with Gasteiger partial charge in [-0.3, -0.25) is 9.59 Å². The zero-order valence-corrected chi connectivity index (χ0v) is 15.1. The van der Waals surface area contributed by atoms with E-state index >= 15 is 0 Å². The van der Waals surface area contributed by atoms with Gasteiger partial charge >= 0.3 is 0 Å². The zero-order valence-electron chi connectivity index (χ0n) is 14.3. The Labute approximate surface area is 152 Å². The maximum absolute atomic E-state index is 12.0. The Balaban J connectivity index is 1.45. The number of carbonyl (C=O) groups is 2. The third-order valence-corrected chi connectivity index (χ3v) is 5.21. The highest BCUT2D eigenvalue weighted by molar-refractivity contribution is 8.00. The molecule has 0 saturated carbocycles. The first-order valence-corrected chi connectivity index (χ1v) is 9.46. The van der Waals surface area contributed by atoms with Crippen molar-refractivity contribution in [3.63, 3.8) is 0 Å². The number of carbonyl (C=O) groups excluding carboxylic acids is 2. The van der Waals surface area contributed by atoms with E-state index in [0.717, 1.165) is 29.1 Å². The lowest BCUT2D eigenvalue weighted by molar-refractivity contribution is -0.119. The van der Waals surface area contributed by atoms with Gasteiger partial charge in [0, 0.05) is 30.1 Å². The minimum Gasteiger partial charge on any atom is -0.351 e. The summed E-state index contributed by atoms with van der Waals surface area (Å²) in [6, 6.07) is 16.0. The van der Waals surface area contributed by atoms with Gasteiger partial charge < -0.3 is 10.2 Å². The predicted octanol–water partition coefficient (Wildman–Crippen LogP) is 3.53. The lowest BCUT2D eigenvalue weighted by atomic mass is 10.2. The van der Waals surface area contributed by atoms with Crippen molar-refractivity contribution in [3.8, 4) is 0 Å². The van der Waals surface area contributed by atoms with Gasteiger partial charge in [-0.25, -0.2) is 0 Å². The van der Waals surface area contributed by atoms with Crippen molar-refractivity contribution in [1.29, 1.82) is 0 Å². The fourth-order valence-electron chi connectivity index (χ4n) is 2.75. The summed E-state index contributed by atoms with van der Waals surface area (Å²) in [7, 11) is 0. The van der Waals surface area contributed by atoms with E-state index < -0.39 is 0 Å². The molecule has 1 aliphatic rings. The van der Waals surface area contributed by atoms with Gasteiger partial charge in [-0.2, -0.15) is 0 Å². The third-order valence-electron chi connectivity index (χ3n) is 4.20. The number of amides is 2. The standard InChI is InChI=1S/C20H22N2O2S/c1-15-4-10-18(11-5-15)25-14-19(23)21-13-16-6-8-17(9-7-16)22-12-2-3-20(22)24/h4-11H,2-3,12-14H2,1H3,(H,21,23). The minimum atomic E-state index is 0.0179. The molecule has 1 heterocycles. The first kappa shape index (κ1) is 17.5. The zero-order chi connectivity index (χ0) is 17.6. The van der Waals surface area contributed by atoms with Crippen LogP contribution in [0, 0.1) is 6.92 Å². The number of nitrogens with zero attached hydrogens (tertiary/aromatic N) is 1. The number of hydrogen-bond donors (Lipinski definition) is 1. The normalized spacial score (nSPS) is 14.0. The molecule has 0 unspecified atom stereocenters. The molecule has 0 bridgehead atoms. The third kappa shape index (κ3) is 4.86. The van der Waals surface area contributed by atoms with Gasteiger partial charge in [0.2, 0.25) is 11.8 Å². The van der Waals surface area contributed by atoms with E-state index in [4.69, 9.17) is 0 Å². The van der Waals surface area contributed by atoms with Crippen LogP contribution in [0.5, 0.6) is 0 Å². The Morgan fingerprint density at radius 1 is 1.12 bits per heavy atom. The molecule has 0 atom stereocenters. The van der Waals surface area contributed by atoms with Crippen LogP contribution in [0.1, 0.15) is 24.0 Å². The first-order chi connectivity index (χ1) is 12.1. The molecule has 1 fully saturated rings. The molecule has 3 rings (SSSR count). The highest BCUT2D eigenvalue weighted by atomic mass is 32.2.